The summed E-state index contributed by atoms with van der Waals surface area (Å²) < 4.78 is 10.7. The first-order valence-electron chi connectivity index (χ1n) is 6.43. The van der Waals surface area contributed by atoms with Gasteiger partial charge in [-0.25, -0.2) is 9.78 Å². The fraction of sp³-hybridized carbons (Fsp3) is 0.286. The molecule has 1 saturated heterocycles. The Morgan fingerprint density at radius 1 is 1.62 bits per heavy atom. The molecule has 0 aliphatic carbocycles. The van der Waals surface area contributed by atoms with Crippen molar-refractivity contribution in [3.05, 3.63) is 34.8 Å². The molecule has 2 N–H and O–H groups in total. The van der Waals surface area contributed by atoms with Gasteiger partial charge in [0.1, 0.15) is 18.3 Å². The van der Waals surface area contributed by atoms with Crippen LogP contribution in [0.25, 0.3) is 0 Å². The number of epoxide rings is 1. The largest absolute Gasteiger partial charge is 0.488 e. The van der Waals surface area contributed by atoms with Crippen LogP contribution in [0.1, 0.15) is 15.2 Å². The Morgan fingerprint density at radius 3 is 3.05 bits per heavy atom. The maximum Gasteiger partial charge on any atom is 0.339 e. The average molecular weight is 306 g/mol. The summed E-state index contributed by atoms with van der Waals surface area (Å²) in [6, 6.07) is 4.96. The van der Waals surface area contributed by atoms with Crippen LogP contribution in [0.2, 0.25) is 0 Å². The average Bonchev–Trinajstić information content (AvgIpc) is 3.19. The molecule has 1 fully saturated rings. The number of anilines is 2. The normalized spacial score (nSPS) is 16.5. The number of aromatic carboxylic acids is 1. The molecule has 1 aromatic carbocycles. The number of aryl methyl sites for hydroxylation is 1. The van der Waals surface area contributed by atoms with Crippen molar-refractivity contribution in [2.24, 2.45) is 0 Å². The number of benzene rings is 1. The van der Waals surface area contributed by atoms with Gasteiger partial charge in [0, 0.05) is 11.1 Å². The zero-order valence-corrected chi connectivity index (χ0v) is 12.1. The summed E-state index contributed by atoms with van der Waals surface area (Å²) in [5.41, 5.74) is 0.707. The monoisotopic (exact) mass is 306 g/mol. The van der Waals surface area contributed by atoms with Crippen molar-refractivity contribution in [1.29, 1.82) is 0 Å². The van der Waals surface area contributed by atoms with E-state index in [0.29, 0.717) is 29.8 Å². The van der Waals surface area contributed by atoms with Crippen LogP contribution in [0.3, 0.4) is 0 Å². The second-order valence-corrected chi connectivity index (χ2v) is 5.89. The zero-order valence-electron chi connectivity index (χ0n) is 11.3. The van der Waals surface area contributed by atoms with Crippen LogP contribution in [-0.4, -0.2) is 35.4 Å². The maximum absolute atomic E-state index is 11.3. The number of hydrogen-bond acceptors (Lipinski definition) is 6. The van der Waals surface area contributed by atoms with Crippen molar-refractivity contribution in [2.45, 2.75) is 13.0 Å². The van der Waals surface area contributed by atoms with E-state index in [1.54, 1.807) is 18.3 Å². The molecule has 0 saturated carbocycles. The second-order valence-electron chi connectivity index (χ2n) is 4.65. The Labute approximate surface area is 125 Å². The molecular formula is C14H14N2O4S. The van der Waals surface area contributed by atoms with Crippen molar-refractivity contribution in [3.8, 4) is 5.75 Å². The number of hydrogen-bond donors (Lipinski definition) is 2. The summed E-state index contributed by atoms with van der Waals surface area (Å²) >= 11 is 1.49. The third kappa shape index (κ3) is 3.32. The highest BCUT2D eigenvalue weighted by molar-refractivity contribution is 7.15. The molecule has 0 amide bonds. The van der Waals surface area contributed by atoms with E-state index in [-0.39, 0.29) is 11.7 Å². The van der Waals surface area contributed by atoms with Gasteiger partial charge in [-0.2, -0.15) is 0 Å². The van der Waals surface area contributed by atoms with E-state index in [1.807, 2.05) is 6.92 Å². The molecule has 0 unspecified atom stereocenters. The molecule has 3 rings (SSSR count). The fourth-order valence-electron chi connectivity index (χ4n) is 1.83. The molecular weight excluding hydrogens is 292 g/mol. The molecule has 0 spiro atoms. The summed E-state index contributed by atoms with van der Waals surface area (Å²) in [6.45, 7) is 2.96. The van der Waals surface area contributed by atoms with Gasteiger partial charge in [-0.1, -0.05) is 6.07 Å². The van der Waals surface area contributed by atoms with Gasteiger partial charge < -0.3 is 19.9 Å². The number of ether oxygens (including phenoxy) is 2. The van der Waals surface area contributed by atoms with E-state index in [2.05, 4.69) is 10.3 Å². The summed E-state index contributed by atoms with van der Waals surface area (Å²) in [4.78, 5) is 16.6. The van der Waals surface area contributed by atoms with Crippen molar-refractivity contribution in [3.63, 3.8) is 0 Å². The Balaban J connectivity index is 1.89. The second kappa shape index (κ2) is 5.71. The lowest BCUT2D eigenvalue weighted by Crippen LogP contribution is -2.10. The molecule has 21 heavy (non-hydrogen) atoms. The van der Waals surface area contributed by atoms with Crippen LogP contribution in [0, 0.1) is 6.92 Å². The van der Waals surface area contributed by atoms with Crippen LogP contribution < -0.4 is 10.1 Å². The molecule has 110 valence electrons. The van der Waals surface area contributed by atoms with Crippen molar-refractivity contribution in [1.82, 2.24) is 4.98 Å². The Kier molecular flexibility index (Phi) is 3.76. The maximum atomic E-state index is 11.3. The van der Waals surface area contributed by atoms with Gasteiger partial charge in [0.05, 0.1) is 12.3 Å². The lowest BCUT2D eigenvalue weighted by atomic mass is 10.1. The summed E-state index contributed by atoms with van der Waals surface area (Å²) in [6.07, 6.45) is 1.81. The van der Waals surface area contributed by atoms with Crippen LogP contribution in [-0.2, 0) is 4.74 Å². The first kappa shape index (κ1) is 13.8. The number of para-hydroxylation sites is 1. The number of thiazole rings is 1. The van der Waals surface area contributed by atoms with E-state index in [0.717, 1.165) is 4.88 Å². The number of carbonyl (C=O) groups is 1. The van der Waals surface area contributed by atoms with Crippen LogP contribution >= 0.6 is 11.3 Å². The van der Waals surface area contributed by atoms with E-state index in [9.17, 15) is 9.90 Å². The third-order valence-corrected chi connectivity index (χ3v) is 3.75. The minimum Gasteiger partial charge on any atom is -0.488 e. The lowest BCUT2D eigenvalue weighted by molar-refractivity contribution is 0.0692. The van der Waals surface area contributed by atoms with E-state index in [1.165, 1.54) is 17.4 Å². The summed E-state index contributed by atoms with van der Waals surface area (Å²) in [5.74, 6) is -0.714. The van der Waals surface area contributed by atoms with E-state index < -0.39 is 5.97 Å². The number of rotatable bonds is 6. The molecule has 0 bridgehead atoms. The third-order valence-electron chi connectivity index (χ3n) is 2.92. The molecule has 1 aromatic heterocycles. The molecule has 2 aromatic rings. The van der Waals surface area contributed by atoms with Crippen molar-refractivity contribution >= 4 is 28.1 Å². The molecule has 1 atom stereocenters. The Morgan fingerprint density at radius 2 is 2.43 bits per heavy atom. The predicted octanol–water partition coefficient (Wildman–Crippen LogP) is 2.67. The van der Waals surface area contributed by atoms with Gasteiger partial charge in [0.15, 0.2) is 10.9 Å². The molecule has 1 aliphatic rings. The number of aromatic nitrogens is 1. The van der Waals surface area contributed by atoms with Crippen molar-refractivity contribution in [2.75, 3.05) is 18.5 Å². The van der Waals surface area contributed by atoms with E-state index >= 15 is 0 Å². The minimum atomic E-state index is -1.03. The SMILES string of the molecule is Cc1cnc(Nc2cccc(C(=O)O)c2OC[C@H]2CO2)s1. The molecule has 2 heterocycles. The summed E-state index contributed by atoms with van der Waals surface area (Å²) in [5, 5.41) is 13.1. The van der Waals surface area contributed by atoms with Gasteiger partial charge >= 0.3 is 5.97 Å². The van der Waals surface area contributed by atoms with Crippen molar-refractivity contribution < 1.29 is 19.4 Å². The van der Waals surface area contributed by atoms with Gasteiger partial charge in [0.2, 0.25) is 0 Å². The quantitative estimate of drug-likeness (QED) is 0.798. The van der Waals surface area contributed by atoms with Gasteiger partial charge in [-0.05, 0) is 19.1 Å². The molecule has 0 radical (unpaired) electrons. The first-order chi connectivity index (χ1) is 10.1. The van der Waals surface area contributed by atoms with Crippen LogP contribution in [0.5, 0.6) is 5.75 Å². The zero-order chi connectivity index (χ0) is 14.8. The predicted molar refractivity (Wildman–Crippen MR) is 78.8 cm³/mol. The first-order valence-corrected chi connectivity index (χ1v) is 7.25. The summed E-state index contributed by atoms with van der Waals surface area (Å²) in [7, 11) is 0. The van der Waals surface area contributed by atoms with E-state index in [4.69, 9.17) is 9.47 Å². The van der Waals surface area contributed by atoms with Crippen LogP contribution in [0.4, 0.5) is 10.8 Å². The number of carboxylic acids is 1. The molecule has 6 nitrogen and oxygen atoms in total. The number of nitrogens with one attached hydrogen (secondary N) is 1. The van der Waals surface area contributed by atoms with Crippen LogP contribution in [0.15, 0.2) is 24.4 Å². The lowest BCUT2D eigenvalue weighted by Gasteiger charge is -2.13. The highest BCUT2D eigenvalue weighted by atomic mass is 32.1. The smallest absolute Gasteiger partial charge is 0.339 e. The highest BCUT2D eigenvalue weighted by Crippen LogP contribution is 2.33. The number of carboxylic acid groups (broad SMARTS) is 1. The Bertz CT molecular complexity index is 667. The van der Waals surface area contributed by atoms with Gasteiger partial charge in [-0.3, -0.25) is 0 Å². The van der Waals surface area contributed by atoms with Gasteiger partial charge in [0.25, 0.3) is 0 Å². The Hall–Kier alpha value is -2.12. The molecule has 7 heteroatoms. The van der Waals surface area contributed by atoms with Gasteiger partial charge in [-0.15, -0.1) is 11.3 Å². The number of nitrogens with zero attached hydrogens (tertiary/aromatic N) is 1. The standard InChI is InChI=1S/C14H14N2O4S/c1-8-5-15-14(21-8)16-11-4-2-3-10(13(17)18)12(11)20-7-9-6-19-9/h2-5,9H,6-7H2,1H3,(H,15,16)(H,17,18)/t9-/m1/s1. The molecule has 1 aliphatic heterocycles. The highest BCUT2D eigenvalue weighted by Gasteiger charge is 2.25. The minimum absolute atomic E-state index is 0.0572. The topological polar surface area (TPSA) is 84.0 Å². The fourth-order valence-corrected chi connectivity index (χ4v) is 2.50.